The van der Waals surface area contributed by atoms with Crippen LogP contribution in [0, 0.1) is 0 Å². The number of unbranched alkanes of at least 4 members (excludes halogenated alkanes) is 2. The number of carbonyl (C=O) groups excluding carboxylic acids is 1. The second-order valence-electron chi connectivity index (χ2n) is 6.24. The van der Waals surface area contributed by atoms with Crippen molar-refractivity contribution >= 4 is 28.9 Å². The number of hydrogen-bond donors (Lipinski definition) is 2. The number of carbonyl (C=O) groups is 1. The Morgan fingerprint density at radius 1 is 0.966 bits per heavy atom. The van der Waals surface area contributed by atoms with Crippen LogP contribution in [0.25, 0.3) is 0 Å². The lowest BCUT2D eigenvalue weighted by Crippen LogP contribution is -2.38. The molecule has 0 heterocycles. The van der Waals surface area contributed by atoms with Crippen LogP contribution in [0.2, 0.25) is 0 Å². The second kappa shape index (κ2) is 11.8. The zero-order chi connectivity index (χ0) is 22.8. The summed E-state index contributed by atoms with van der Waals surface area (Å²) < 4.78 is 76.3. The van der Waals surface area contributed by atoms with Crippen LogP contribution in [0.5, 0.6) is 0 Å². The van der Waals surface area contributed by atoms with Gasteiger partial charge in [0.05, 0.1) is 17.7 Å². The van der Waals surface area contributed by atoms with Gasteiger partial charge >= 0.3 is 12.4 Å². The highest BCUT2D eigenvalue weighted by Gasteiger charge is 2.37. The summed E-state index contributed by atoms with van der Waals surface area (Å²) in [6.07, 6.45) is -5.83. The van der Waals surface area contributed by atoms with Gasteiger partial charge < -0.3 is 15.5 Å². The molecule has 1 rings (SSSR count). The van der Waals surface area contributed by atoms with E-state index in [2.05, 4.69) is 24.5 Å². The Hall–Kier alpha value is -2.04. The van der Waals surface area contributed by atoms with Crippen molar-refractivity contribution in [3.8, 4) is 0 Å². The van der Waals surface area contributed by atoms with E-state index in [0.717, 1.165) is 0 Å². The van der Waals surface area contributed by atoms with Crippen LogP contribution in [0.3, 0.4) is 0 Å². The molecule has 29 heavy (non-hydrogen) atoms. The third-order valence-corrected chi connectivity index (χ3v) is 3.70. The summed E-state index contributed by atoms with van der Waals surface area (Å²) in [5.41, 5.74) is -3.43. The van der Waals surface area contributed by atoms with Crippen LogP contribution < -0.4 is 10.6 Å². The number of amides is 1. The third kappa shape index (κ3) is 10.9. The number of nitrogens with zero attached hydrogens (tertiary/aromatic N) is 1. The molecule has 0 aliphatic heterocycles. The number of halogens is 6. The molecule has 0 aromatic heterocycles. The Labute approximate surface area is 171 Å². The van der Waals surface area contributed by atoms with Crippen LogP contribution in [0.1, 0.15) is 44.2 Å². The lowest BCUT2D eigenvalue weighted by molar-refractivity contribution is -0.143. The molecule has 1 aromatic carbocycles. The fraction of sp³-hybridized carbons (Fsp3) is 0.556. The summed E-state index contributed by atoms with van der Waals surface area (Å²) in [7, 11) is 2.95. The van der Waals surface area contributed by atoms with E-state index in [1.165, 1.54) is 38.3 Å². The van der Waals surface area contributed by atoms with Gasteiger partial charge in [-0.2, -0.15) is 26.3 Å². The fourth-order valence-corrected chi connectivity index (χ4v) is 2.06. The molecule has 1 aromatic rings. The molecule has 0 saturated carbocycles. The molecule has 4 nitrogen and oxygen atoms in total. The van der Waals surface area contributed by atoms with Gasteiger partial charge in [-0.15, -0.1) is 0 Å². The van der Waals surface area contributed by atoms with E-state index in [-0.39, 0.29) is 23.6 Å². The highest BCUT2D eigenvalue weighted by atomic mass is 32.1. The Bertz CT molecular complexity index is 640. The first-order valence-corrected chi connectivity index (χ1v) is 9.17. The van der Waals surface area contributed by atoms with Gasteiger partial charge in [0, 0.05) is 19.8 Å². The number of likely N-dealkylation sites (N-methyl/N-ethyl adjacent to an activating group) is 1. The molecule has 0 unspecified atom stereocenters. The number of hydrogen-bond acceptors (Lipinski definition) is 2. The minimum absolute atomic E-state index is 0.0111. The highest BCUT2D eigenvalue weighted by Crippen LogP contribution is 2.37. The van der Waals surface area contributed by atoms with E-state index in [0.29, 0.717) is 12.1 Å². The molecule has 0 radical (unpaired) electrons. The van der Waals surface area contributed by atoms with E-state index in [1.807, 2.05) is 0 Å². The Morgan fingerprint density at radius 3 is 1.72 bits per heavy atom. The summed E-state index contributed by atoms with van der Waals surface area (Å²) in [6, 6.07) is 1.01. The predicted octanol–water partition coefficient (Wildman–Crippen LogP) is 5.30. The number of alkyl halides is 6. The number of nitrogens with one attached hydrogen (secondary N) is 2. The van der Waals surface area contributed by atoms with Gasteiger partial charge in [-0.1, -0.05) is 33.1 Å². The largest absolute Gasteiger partial charge is 0.416 e. The molecule has 0 atom stereocenters. The van der Waals surface area contributed by atoms with Gasteiger partial charge in [0.25, 0.3) is 0 Å². The first-order chi connectivity index (χ1) is 13.2. The highest BCUT2D eigenvalue weighted by molar-refractivity contribution is 7.80. The quantitative estimate of drug-likeness (QED) is 0.477. The zero-order valence-electron chi connectivity index (χ0n) is 16.6. The molecule has 0 aliphatic carbocycles. The van der Waals surface area contributed by atoms with Crippen molar-refractivity contribution in [1.29, 1.82) is 0 Å². The second-order valence-corrected chi connectivity index (χ2v) is 6.65. The maximum atomic E-state index is 12.7. The summed E-state index contributed by atoms with van der Waals surface area (Å²) >= 11 is 4.76. The average molecular weight is 445 g/mol. The number of anilines is 1. The van der Waals surface area contributed by atoms with E-state index in [1.54, 1.807) is 0 Å². The zero-order valence-corrected chi connectivity index (χ0v) is 17.4. The first-order valence-electron chi connectivity index (χ1n) is 8.76. The molecule has 0 aliphatic rings. The van der Waals surface area contributed by atoms with Gasteiger partial charge in [-0.25, -0.2) is 0 Å². The lowest BCUT2D eigenvalue weighted by Gasteiger charge is -2.16. The van der Waals surface area contributed by atoms with Gasteiger partial charge in [0.1, 0.15) is 0 Å². The van der Waals surface area contributed by atoms with Crippen LogP contribution in [0.15, 0.2) is 18.2 Å². The normalized spacial score (nSPS) is 11.2. The van der Waals surface area contributed by atoms with Crippen LogP contribution in [-0.2, 0) is 17.1 Å². The fourth-order valence-electron chi connectivity index (χ4n) is 1.87. The SMILES string of the molecule is CCCCC.CN(C)C(=O)CNC(=S)Nc1cc(C(F)(F)F)cc(C(F)(F)F)c1. The minimum atomic E-state index is -4.95. The molecule has 1 amide bonds. The maximum absolute atomic E-state index is 12.7. The van der Waals surface area contributed by atoms with Gasteiger partial charge in [0.15, 0.2) is 5.11 Å². The average Bonchev–Trinajstić information content (AvgIpc) is 2.59. The number of rotatable bonds is 5. The van der Waals surface area contributed by atoms with E-state index in [9.17, 15) is 31.1 Å². The monoisotopic (exact) mass is 445 g/mol. The Morgan fingerprint density at radius 2 is 1.41 bits per heavy atom. The van der Waals surface area contributed by atoms with Crippen molar-refractivity contribution in [1.82, 2.24) is 10.2 Å². The molecule has 0 spiro atoms. The van der Waals surface area contributed by atoms with Crippen molar-refractivity contribution in [3.05, 3.63) is 29.3 Å². The Balaban J connectivity index is 0.00000139. The van der Waals surface area contributed by atoms with Crippen molar-refractivity contribution < 1.29 is 31.1 Å². The molecule has 2 N–H and O–H groups in total. The lowest BCUT2D eigenvalue weighted by atomic mass is 10.1. The standard InChI is InChI=1S/C13H13F6N3OS.C5H12/c1-22(2)10(23)6-20-11(24)21-9-4-7(12(14,15)16)3-8(5-9)13(17,18)19;1-3-5-4-2/h3-5H,6H2,1-2H3,(H2,20,21,24);3-5H2,1-2H3. The molecule has 11 heteroatoms. The van der Waals surface area contributed by atoms with Gasteiger partial charge in [-0.05, 0) is 30.4 Å². The summed E-state index contributed by atoms with van der Waals surface area (Å²) in [4.78, 5) is 12.6. The van der Waals surface area contributed by atoms with Crippen molar-refractivity contribution in [3.63, 3.8) is 0 Å². The molecule has 0 fully saturated rings. The predicted molar refractivity (Wildman–Crippen MR) is 105 cm³/mol. The molecule has 0 saturated heterocycles. The number of benzene rings is 1. The topological polar surface area (TPSA) is 44.4 Å². The summed E-state index contributed by atoms with van der Waals surface area (Å²) in [5.74, 6) is -0.376. The van der Waals surface area contributed by atoms with Crippen LogP contribution in [-0.4, -0.2) is 36.6 Å². The van der Waals surface area contributed by atoms with Crippen LogP contribution in [0.4, 0.5) is 32.0 Å². The van der Waals surface area contributed by atoms with E-state index < -0.39 is 29.2 Å². The summed E-state index contributed by atoms with van der Waals surface area (Å²) in [6.45, 7) is 4.16. The first kappa shape index (κ1) is 27.0. The van der Waals surface area contributed by atoms with Gasteiger partial charge in [0.2, 0.25) is 5.91 Å². The van der Waals surface area contributed by atoms with E-state index >= 15 is 0 Å². The van der Waals surface area contributed by atoms with E-state index in [4.69, 9.17) is 12.2 Å². The van der Waals surface area contributed by atoms with Crippen molar-refractivity contribution in [2.24, 2.45) is 0 Å². The molecule has 166 valence electrons. The minimum Gasteiger partial charge on any atom is -0.353 e. The Kier molecular flexibility index (Phi) is 11.0. The van der Waals surface area contributed by atoms with Crippen molar-refractivity contribution in [2.45, 2.75) is 45.5 Å². The third-order valence-electron chi connectivity index (χ3n) is 3.45. The van der Waals surface area contributed by atoms with Crippen LogP contribution >= 0.6 is 12.2 Å². The summed E-state index contributed by atoms with van der Waals surface area (Å²) in [5, 5.41) is 4.33. The molecular formula is C18H25F6N3OS. The number of thiocarbonyl (C=S) groups is 1. The molecular weight excluding hydrogens is 420 g/mol. The van der Waals surface area contributed by atoms with Crippen molar-refractivity contribution in [2.75, 3.05) is 26.0 Å². The van der Waals surface area contributed by atoms with Gasteiger partial charge in [-0.3, -0.25) is 4.79 Å². The molecule has 0 bridgehead atoms. The maximum Gasteiger partial charge on any atom is 0.416 e. The smallest absolute Gasteiger partial charge is 0.353 e.